The van der Waals surface area contributed by atoms with Crippen LogP contribution in [0.4, 0.5) is 0 Å². The molecule has 0 saturated carbocycles. The van der Waals surface area contributed by atoms with E-state index in [4.69, 9.17) is 9.47 Å². The van der Waals surface area contributed by atoms with Crippen LogP contribution in [0.25, 0.3) is 0 Å². The lowest BCUT2D eigenvalue weighted by molar-refractivity contribution is -0.124. The minimum absolute atomic E-state index is 0.0519. The van der Waals surface area contributed by atoms with E-state index in [-0.39, 0.29) is 11.3 Å². The summed E-state index contributed by atoms with van der Waals surface area (Å²) in [5, 5.41) is 1.43. The molecule has 2 aromatic rings. The Morgan fingerprint density at radius 2 is 1.67 bits per heavy atom. The van der Waals surface area contributed by atoms with E-state index < -0.39 is 8.07 Å². The molecule has 30 heavy (non-hydrogen) atoms. The van der Waals surface area contributed by atoms with Gasteiger partial charge in [0.05, 0.1) is 21.8 Å². The summed E-state index contributed by atoms with van der Waals surface area (Å²) in [5.74, 6) is 1.34. The first kappa shape index (κ1) is 24.4. The van der Waals surface area contributed by atoms with Crippen LogP contribution in [0, 0.1) is 11.3 Å². The molecule has 0 bridgehead atoms. The third kappa shape index (κ3) is 7.73. The Kier molecular flexibility index (Phi) is 8.87. The van der Waals surface area contributed by atoms with Crippen LogP contribution in [-0.2, 0) is 16.1 Å². The van der Waals surface area contributed by atoms with E-state index in [0.29, 0.717) is 25.4 Å². The number of rotatable bonds is 12. The normalized spacial score (nSPS) is 13.1. The molecule has 0 aromatic heterocycles. The first-order valence-electron chi connectivity index (χ1n) is 10.9. The van der Waals surface area contributed by atoms with E-state index in [9.17, 15) is 4.79 Å². The standard InChI is InChI=1S/C26H38O3Si/c1-21(20-30(5,6)24-10-8-7-9-11-24)25(27)18-26(2,3)16-17-29-19-22-12-14-23(28-4)15-13-22/h7-15,21H,16-20H2,1-6H3. The fourth-order valence-electron chi connectivity index (χ4n) is 3.88. The van der Waals surface area contributed by atoms with Gasteiger partial charge in [-0.15, -0.1) is 0 Å². The smallest absolute Gasteiger partial charge is 0.135 e. The van der Waals surface area contributed by atoms with Crippen LogP contribution in [0.1, 0.15) is 39.2 Å². The van der Waals surface area contributed by atoms with Gasteiger partial charge in [0, 0.05) is 18.9 Å². The fraction of sp³-hybridized carbons (Fsp3) is 0.500. The van der Waals surface area contributed by atoms with Crippen LogP contribution < -0.4 is 9.92 Å². The lowest BCUT2D eigenvalue weighted by Gasteiger charge is -2.29. The summed E-state index contributed by atoms with van der Waals surface area (Å²) in [5.41, 5.74) is 1.08. The minimum Gasteiger partial charge on any atom is -0.497 e. The molecule has 2 rings (SSSR count). The van der Waals surface area contributed by atoms with Gasteiger partial charge in [-0.3, -0.25) is 4.79 Å². The van der Waals surface area contributed by atoms with Crippen LogP contribution in [0.2, 0.25) is 19.1 Å². The number of carbonyl (C=O) groups is 1. The summed E-state index contributed by atoms with van der Waals surface area (Å²) >= 11 is 0. The molecular formula is C26H38O3Si. The molecule has 0 amide bonds. The van der Waals surface area contributed by atoms with Crippen molar-refractivity contribution in [3.05, 3.63) is 60.2 Å². The zero-order chi connectivity index (χ0) is 22.2. The van der Waals surface area contributed by atoms with Crippen molar-refractivity contribution >= 4 is 19.0 Å². The number of carbonyl (C=O) groups excluding carboxylic acids is 1. The molecular weight excluding hydrogens is 388 g/mol. The predicted molar refractivity (Wildman–Crippen MR) is 128 cm³/mol. The molecule has 4 heteroatoms. The van der Waals surface area contributed by atoms with Gasteiger partial charge >= 0.3 is 0 Å². The van der Waals surface area contributed by atoms with Crippen LogP contribution in [-0.4, -0.2) is 27.6 Å². The molecule has 0 N–H and O–H groups in total. The monoisotopic (exact) mass is 426 g/mol. The molecule has 0 aliphatic rings. The second-order valence-corrected chi connectivity index (χ2v) is 14.6. The zero-order valence-corrected chi connectivity index (χ0v) is 20.5. The topological polar surface area (TPSA) is 35.5 Å². The maximum atomic E-state index is 13.0. The number of benzene rings is 2. The lowest BCUT2D eigenvalue weighted by atomic mass is 9.82. The van der Waals surface area contributed by atoms with Gasteiger partial charge < -0.3 is 9.47 Å². The van der Waals surface area contributed by atoms with E-state index in [2.05, 4.69) is 64.2 Å². The summed E-state index contributed by atoms with van der Waals surface area (Å²) in [4.78, 5) is 13.0. The van der Waals surface area contributed by atoms with Gasteiger partial charge in [0.25, 0.3) is 0 Å². The molecule has 0 heterocycles. The second-order valence-electron chi connectivity index (χ2n) is 9.81. The van der Waals surface area contributed by atoms with Gasteiger partial charge in [0.1, 0.15) is 11.5 Å². The Balaban J connectivity index is 1.78. The average molecular weight is 427 g/mol. The molecule has 0 saturated heterocycles. The number of hydrogen-bond donors (Lipinski definition) is 0. The van der Waals surface area contributed by atoms with E-state index >= 15 is 0 Å². The molecule has 0 spiro atoms. The highest BCUT2D eigenvalue weighted by Gasteiger charge is 2.31. The van der Waals surface area contributed by atoms with Gasteiger partial charge in [-0.1, -0.05) is 81.5 Å². The highest BCUT2D eigenvalue weighted by atomic mass is 28.3. The van der Waals surface area contributed by atoms with Gasteiger partial charge in [-0.25, -0.2) is 0 Å². The molecule has 2 aromatic carbocycles. The first-order valence-corrected chi connectivity index (χ1v) is 14.1. The van der Waals surface area contributed by atoms with Crippen LogP contribution in [0.15, 0.2) is 54.6 Å². The summed E-state index contributed by atoms with van der Waals surface area (Å²) in [6.45, 7) is 12.4. The van der Waals surface area contributed by atoms with Crippen molar-refractivity contribution in [2.45, 2.75) is 59.4 Å². The first-order chi connectivity index (χ1) is 14.1. The highest BCUT2D eigenvalue weighted by molar-refractivity contribution is 6.90. The quantitative estimate of drug-likeness (QED) is 0.316. The van der Waals surface area contributed by atoms with Crippen molar-refractivity contribution in [2.24, 2.45) is 11.3 Å². The lowest BCUT2D eigenvalue weighted by Crippen LogP contribution is -2.43. The average Bonchev–Trinajstić information content (AvgIpc) is 2.71. The molecule has 164 valence electrons. The van der Waals surface area contributed by atoms with Gasteiger partial charge in [-0.2, -0.15) is 0 Å². The van der Waals surface area contributed by atoms with E-state index in [1.807, 2.05) is 24.3 Å². The summed E-state index contributed by atoms with van der Waals surface area (Å²) in [6.07, 6.45) is 1.49. The number of ether oxygens (including phenoxy) is 2. The Labute approximate surface area is 183 Å². The Morgan fingerprint density at radius 1 is 1.03 bits per heavy atom. The van der Waals surface area contributed by atoms with E-state index in [1.54, 1.807) is 7.11 Å². The van der Waals surface area contributed by atoms with Gasteiger partial charge in [0.2, 0.25) is 0 Å². The zero-order valence-electron chi connectivity index (χ0n) is 19.5. The number of methoxy groups -OCH3 is 1. The van der Waals surface area contributed by atoms with Crippen molar-refractivity contribution in [3.63, 3.8) is 0 Å². The summed E-state index contributed by atoms with van der Waals surface area (Å²) < 4.78 is 11.0. The highest BCUT2D eigenvalue weighted by Crippen LogP contribution is 2.29. The summed E-state index contributed by atoms with van der Waals surface area (Å²) in [7, 11) is 0.0565. The molecule has 3 nitrogen and oxygen atoms in total. The SMILES string of the molecule is COc1ccc(COCCC(C)(C)CC(=O)C(C)C[Si](C)(C)c2ccccc2)cc1. The third-order valence-corrected chi connectivity index (χ3v) is 9.45. The Bertz CT molecular complexity index is 782. The van der Waals surface area contributed by atoms with Crippen LogP contribution >= 0.6 is 0 Å². The molecule has 0 radical (unpaired) electrons. The molecule has 1 atom stereocenters. The summed E-state index contributed by atoms with van der Waals surface area (Å²) in [6, 6.07) is 19.6. The van der Waals surface area contributed by atoms with Gasteiger partial charge in [-0.05, 0) is 35.6 Å². The fourth-order valence-corrected chi connectivity index (χ4v) is 6.97. The van der Waals surface area contributed by atoms with Crippen molar-refractivity contribution < 1.29 is 14.3 Å². The van der Waals surface area contributed by atoms with Crippen molar-refractivity contribution in [3.8, 4) is 5.75 Å². The maximum Gasteiger partial charge on any atom is 0.135 e. The molecule has 0 fully saturated rings. The van der Waals surface area contributed by atoms with Crippen molar-refractivity contribution in [1.82, 2.24) is 0 Å². The Hall–Kier alpha value is -1.91. The van der Waals surface area contributed by atoms with Crippen LogP contribution in [0.3, 0.4) is 0 Å². The minimum atomic E-state index is -1.61. The van der Waals surface area contributed by atoms with E-state index in [1.165, 1.54) is 5.19 Å². The van der Waals surface area contributed by atoms with Crippen molar-refractivity contribution in [2.75, 3.05) is 13.7 Å². The largest absolute Gasteiger partial charge is 0.497 e. The second kappa shape index (κ2) is 10.9. The number of hydrogen-bond acceptors (Lipinski definition) is 3. The molecule has 1 unspecified atom stereocenters. The third-order valence-electron chi connectivity index (χ3n) is 5.93. The number of ketones is 1. The van der Waals surface area contributed by atoms with Crippen molar-refractivity contribution in [1.29, 1.82) is 0 Å². The molecule has 0 aliphatic carbocycles. The molecule has 0 aliphatic heterocycles. The van der Waals surface area contributed by atoms with Crippen LogP contribution in [0.5, 0.6) is 5.75 Å². The maximum absolute atomic E-state index is 13.0. The Morgan fingerprint density at radius 3 is 2.27 bits per heavy atom. The van der Waals surface area contributed by atoms with E-state index in [0.717, 1.165) is 23.8 Å². The predicted octanol–water partition coefficient (Wildman–Crippen LogP) is 5.84. The van der Waals surface area contributed by atoms with Gasteiger partial charge in [0.15, 0.2) is 0 Å². The number of Topliss-reactive ketones (excluding diaryl/α,β-unsaturated/α-hetero) is 1.